The lowest BCUT2D eigenvalue weighted by Gasteiger charge is -2.18. The normalized spacial score (nSPS) is 10.8. The van der Waals surface area contributed by atoms with Crippen molar-refractivity contribution in [1.29, 1.82) is 0 Å². The second-order valence-corrected chi connectivity index (χ2v) is 10.3. The summed E-state index contributed by atoms with van der Waals surface area (Å²) in [4.78, 5) is 26.6. The summed E-state index contributed by atoms with van der Waals surface area (Å²) in [6.45, 7) is 3.51. The Bertz CT molecular complexity index is 1080. The monoisotopic (exact) mass is 614 g/mol. The SMILES string of the molecule is CCC(=O)N(C)CCc1cc(Br)c(OCCCNC(=O)C(c2ccccc2)c2ccccc2)c(Br)c1. The van der Waals surface area contributed by atoms with E-state index in [1.54, 1.807) is 4.90 Å². The second kappa shape index (κ2) is 14.2. The van der Waals surface area contributed by atoms with E-state index in [-0.39, 0.29) is 17.7 Å². The molecule has 0 aliphatic carbocycles. The highest BCUT2D eigenvalue weighted by atomic mass is 79.9. The van der Waals surface area contributed by atoms with Gasteiger partial charge in [0.25, 0.3) is 0 Å². The number of rotatable bonds is 12. The standard InChI is InChI=1S/C29H32Br2N2O3/c1-3-26(34)33(2)17-15-21-19-24(30)28(25(31)20-21)36-18-10-16-32-29(35)27(22-11-6-4-7-12-22)23-13-8-5-9-14-23/h4-9,11-14,19-20,27H,3,10,15-18H2,1-2H3,(H,32,35). The van der Waals surface area contributed by atoms with Gasteiger partial charge in [-0.2, -0.15) is 0 Å². The maximum atomic E-state index is 13.1. The van der Waals surface area contributed by atoms with Crippen LogP contribution in [-0.2, 0) is 16.0 Å². The van der Waals surface area contributed by atoms with Crippen molar-refractivity contribution in [2.24, 2.45) is 0 Å². The largest absolute Gasteiger partial charge is 0.491 e. The molecule has 0 aliphatic heterocycles. The number of hydrogen-bond donors (Lipinski definition) is 1. The van der Waals surface area contributed by atoms with Crippen molar-refractivity contribution >= 4 is 43.7 Å². The van der Waals surface area contributed by atoms with Crippen LogP contribution >= 0.6 is 31.9 Å². The van der Waals surface area contributed by atoms with E-state index in [1.165, 1.54) is 0 Å². The number of amides is 2. The lowest BCUT2D eigenvalue weighted by molar-refractivity contribution is -0.129. The number of carbonyl (C=O) groups is 2. The van der Waals surface area contributed by atoms with E-state index in [0.717, 1.165) is 37.8 Å². The van der Waals surface area contributed by atoms with Crippen LogP contribution in [0.15, 0.2) is 81.7 Å². The molecule has 3 rings (SSSR count). The predicted molar refractivity (Wildman–Crippen MR) is 151 cm³/mol. The molecule has 190 valence electrons. The van der Waals surface area contributed by atoms with Crippen molar-refractivity contribution in [3.05, 3.63) is 98.4 Å². The molecule has 0 bridgehead atoms. The van der Waals surface area contributed by atoms with Gasteiger partial charge in [-0.3, -0.25) is 9.59 Å². The summed E-state index contributed by atoms with van der Waals surface area (Å²) in [7, 11) is 1.83. The Hall–Kier alpha value is -2.64. The molecule has 3 aromatic carbocycles. The zero-order chi connectivity index (χ0) is 25.9. The van der Waals surface area contributed by atoms with Crippen molar-refractivity contribution in [3.8, 4) is 5.75 Å². The van der Waals surface area contributed by atoms with Gasteiger partial charge in [0.1, 0.15) is 5.75 Å². The summed E-state index contributed by atoms with van der Waals surface area (Å²) in [5.41, 5.74) is 3.04. The van der Waals surface area contributed by atoms with Crippen LogP contribution in [0.3, 0.4) is 0 Å². The molecule has 2 amide bonds. The Kier molecular flexibility index (Phi) is 11.0. The fourth-order valence-corrected chi connectivity index (χ4v) is 5.44. The molecule has 0 unspecified atom stereocenters. The van der Waals surface area contributed by atoms with Crippen LogP contribution < -0.4 is 10.1 Å². The number of carbonyl (C=O) groups excluding carboxylic acids is 2. The van der Waals surface area contributed by atoms with E-state index < -0.39 is 0 Å². The molecule has 0 saturated heterocycles. The predicted octanol–water partition coefficient (Wildman–Crippen LogP) is 6.34. The maximum Gasteiger partial charge on any atom is 0.232 e. The van der Waals surface area contributed by atoms with Gasteiger partial charge in [-0.15, -0.1) is 0 Å². The highest BCUT2D eigenvalue weighted by Crippen LogP contribution is 2.35. The van der Waals surface area contributed by atoms with Gasteiger partial charge in [0, 0.05) is 26.6 Å². The summed E-state index contributed by atoms with van der Waals surface area (Å²) in [6, 6.07) is 23.7. The van der Waals surface area contributed by atoms with E-state index in [2.05, 4.69) is 37.2 Å². The van der Waals surface area contributed by atoms with E-state index in [9.17, 15) is 9.59 Å². The first-order valence-corrected chi connectivity index (χ1v) is 13.7. The van der Waals surface area contributed by atoms with Crippen molar-refractivity contribution < 1.29 is 14.3 Å². The van der Waals surface area contributed by atoms with Gasteiger partial charge in [-0.25, -0.2) is 0 Å². The molecule has 0 aromatic heterocycles. The van der Waals surface area contributed by atoms with Gasteiger partial charge >= 0.3 is 0 Å². The zero-order valence-corrected chi connectivity index (χ0v) is 23.8. The molecule has 0 radical (unpaired) electrons. The molecule has 0 fully saturated rings. The first-order valence-electron chi connectivity index (χ1n) is 12.1. The van der Waals surface area contributed by atoms with E-state index >= 15 is 0 Å². The first-order chi connectivity index (χ1) is 17.4. The summed E-state index contributed by atoms with van der Waals surface area (Å²) in [6.07, 6.45) is 1.94. The maximum absolute atomic E-state index is 13.1. The molecule has 1 N–H and O–H groups in total. The third kappa shape index (κ3) is 7.93. The topological polar surface area (TPSA) is 58.6 Å². The fourth-order valence-electron chi connectivity index (χ4n) is 3.93. The minimum absolute atomic E-state index is 0.0226. The Labute approximate surface area is 230 Å². The fraction of sp³-hybridized carbons (Fsp3) is 0.310. The van der Waals surface area contributed by atoms with Gasteiger partial charge in [0.2, 0.25) is 11.8 Å². The molecular weight excluding hydrogens is 584 g/mol. The van der Waals surface area contributed by atoms with Gasteiger partial charge in [0.05, 0.1) is 21.5 Å². The van der Waals surface area contributed by atoms with Crippen molar-refractivity contribution in [3.63, 3.8) is 0 Å². The number of nitrogens with zero attached hydrogens (tertiary/aromatic N) is 1. The van der Waals surface area contributed by atoms with Crippen LogP contribution in [0.2, 0.25) is 0 Å². The zero-order valence-electron chi connectivity index (χ0n) is 20.7. The minimum Gasteiger partial charge on any atom is -0.491 e. The van der Waals surface area contributed by atoms with Crippen LogP contribution in [0.1, 0.15) is 42.4 Å². The van der Waals surface area contributed by atoms with Crippen molar-refractivity contribution in [2.75, 3.05) is 26.7 Å². The highest BCUT2D eigenvalue weighted by molar-refractivity contribution is 9.11. The Balaban J connectivity index is 1.51. The third-order valence-corrected chi connectivity index (χ3v) is 7.09. The summed E-state index contributed by atoms with van der Waals surface area (Å²) in [5, 5.41) is 3.07. The first kappa shape index (κ1) is 27.9. The third-order valence-electron chi connectivity index (χ3n) is 5.92. The second-order valence-electron chi connectivity index (χ2n) is 8.55. The molecule has 0 heterocycles. The molecule has 3 aromatic rings. The Morgan fingerprint density at radius 3 is 2.03 bits per heavy atom. The summed E-state index contributed by atoms with van der Waals surface area (Å²) >= 11 is 7.21. The minimum atomic E-state index is -0.351. The average Bonchev–Trinajstić information content (AvgIpc) is 2.89. The van der Waals surface area contributed by atoms with Crippen molar-refractivity contribution in [1.82, 2.24) is 10.2 Å². The average molecular weight is 616 g/mol. The molecular formula is C29H32Br2N2O3. The van der Waals surface area contributed by atoms with Gasteiger partial charge < -0.3 is 15.0 Å². The van der Waals surface area contributed by atoms with Crippen LogP contribution in [-0.4, -0.2) is 43.5 Å². The molecule has 0 atom stereocenters. The van der Waals surface area contributed by atoms with Crippen molar-refractivity contribution in [2.45, 2.75) is 32.1 Å². The molecule has 0 aliphatic rings. The molecule has 5 nitrogen and oxygen atoms in total. The highest BCUT2D eigenvalue weighted by Gasteiger charge is 2.22. The smallest absolute Gasteiger partial charge is 0.232 e. The molecule has 0 spiro atoms. The van der Waals surface area contributed by atoms with Crippen LogP contribution in [0.4, 0.5) is 0 Å². The number of halogens is 2. The Morgan fingerprint density at radius 1 is 0.944 bits per heavy atom. The molecule has 36 heavy (non-hydrogen) atoms. The quantitative estimate of drug-likeness (QED) is 0.242. The van der Waals surface area contributed by atoms with Crippen LogP contribution in [0.5, 0.6) is 5.75 Å². The van der Waals surface area contributed by atoms with Crippen LogP contribution in [0, 0.1) is 0 Å². The number of hydrogen-bond acceptors (Lipinski definition) is 3. The number of likely N-dealkylation sites (N-methyl/N-ethyl adjacent to an activating group) is 1. The van der Waals surface area contributed by atoms with E-state index in [4.69, 9.17) is 4.74 Å². The van der Waals surface area contributed by atoms with E-state index in [0.29, 0.717) is 32.5 Å². The lowest BCUT2D eigenvalue weighted by Crippen LogP contribution is -2.31. The number of ether oxygens (including phenoxy) is 1. The number of nitrogens with one attached hydrogen (secondary N) is 1. The summed E-state index contributed by atoms with van der Waals surface area (Å²) in [5.74, 6) is 0.495. The Morgan fingerprint density at radius 2 is 1.50 bits per heavy atom. The summed E-state index contributed by atoms with van der Waals surface area (Å²) < 4.78 is 7.72. The molecule has 7 heteroatoms. The lowest BCUT2D eigenvalue weighted by atomic mass is 9.90. The van der Waals surface area contributed by atoms with Crippen LogP contribution in [0.25, 0.3) is 0 Å². The number of benzene rings is 3. The molecule has 0 saturated carbocycles. The van der Waals surface area contributed by atoms with Gasteiger partial charge in [0.15, 0.2) is 0 Å². The van der Waals surface area contributed by atoms with Gasteiger partial charge in [-0.05, 0) is 73.5 Å². The van der Waals surface area contributed by atoms with E-state index in [1.807, 2.05) is 86.8 Å². The van der Waals surface area contributed by atoms with Gasteiger partial charge in [-0.1, -0.05) is 67.6 Å².